The first kappa shape index (κ1) is 11.5. The van der Waals surface area contributed by atoms with Crippen LogP contribution in [-0.4, -0.2) is 25.7 Å². The lowest BCUT2D eigenvalue weighted by atomic mass is 9.80. The maximum atomic E-state index is 10.9. The monoisotopic (exact) mass is 199 g/mol. The molecular formula is C11H21NO2. The number of hydrogen-bond donors (Lipinski definition) is 1. The smallest absolute Gasteiger partial charge is 0.319 e. The summed E-state index contributed by atoms with van der Waals surface area (Å²) in [6.45, 7) is 4.91. The minimum atomic E-state index is -0.170. The molecule has 82 valence electrons. The van der Waals surface area contributed by atoms with Crippen LogP contribution >= 0.6 is 0 Å². The van der Waals surface area contributed by atoms with Gasteiger partial charge in [-0.05, 0) is 31.1 Å². The highest BCUT2D eigenvalue weighted by Crippen LogP contribution is 2.28. The van der Waals surface area contributed by atoms with Crippen molar-refractivity contribution >= 4 is 5.97 Å². The molecule has 2 atom stereocenters. The van der Waals surface area contributed by atoms with Gasteiger partial charge in [-0.2, -0.15) is 0 Å². The Hall–Kier alpha value is -0.570. The predicted molar refractivity (Wildman–Crippen MR) is 56.0 cm³/mol. The molecule has 3 heteroatoms. The molecule has 0 aromatic heterocycles. The Morgan fingerprint density at radius 3 is 2.36 bits per heavy atom. The van der Waals surface area contributed by atoms with E-state index in [0.717, 1.165) is 11.8 Å². The Balaban J connectivity index is 2.26. The molecule has 1 aliphatic carbocycles. The van der Waals surface area contributed by atoms with Crippen molar-refractivity contribution in [1.82, 2.24) is 5.32 Å². The number of hydrogen-bond acceptors (Lipinski definition) is 3. The molecular weight excluding hydrogens is 178 g/mol. The quantitative estimate of drug-likeness (QED) is 0.701. The third-order valence-electron chi connectivity index (χ3n) is 2.94. The highest BCUT2D eigenvalue weighted by molar-refractivity contribution is 5.71. The van der Waals surface area contributed by atoms with Crippen molar-refractivity contribution in [2.45, 2.75) is 39.2 Å². The van der Waals surface area contributed by atoms with Crippen LogP contribution in [0.15, 0.2) is 0 Å². The summed E-state index contributed by atoms with van der Waals surface area (Å²) in [7, 11) is 1.43. The first-order valence-corrected chi connectivity index (χ1v) is 5.42. The second-order valence-corrected chi connectivity index (χ2v) is 4.57. The maximum absolute atomic E-state index is 10.9. The van der Waals surface area contributed by atoms with E-state index in [1.165, 1.54) is 26.4 Å². The Morgan fingerprint density at radius 2 is 1.86 bits per heavy atom. The van der Waals surface area contributed by atoms with Gasteiger partial charge in [0, 0.05) is 6.04 Å². The fourth-order valence-electron chi connectivity index (χ4n) is 2.41. The van der Waals surface area contributed by atoms with E-state index in [-0.39, 0.29) is 5.97 Å². The van der Waals surface area contributed by atoms with Gasteiger partial charge in [-0.1, -0.05) is 13.8 Å². The van der Waals surface area contributed by atoms with E-state index in [2.05, 4.69) is 23.9 Å². The number of carbonyl (C=O) groups is 1. The van der Waals surface area contributed by atoms with Crippen molar-refractivity contribution in [3.05, 3.63) is 0 Å². The van der Waals surface area contributed by atoms with Gasteiger partial charge in [-0.3, -0.25) is 4.79 Å². The van der Waals surface area contributed by atoms with Gasteiger partial charge in [-0.25, -0.2) is 0 Å². The molecule has 1 N–H and O–H groups in total. The molecule has 1 rings (SSSR count). The largest absolute Gasteiger partial charge is 0.468 e. The molecule has 0 heterocycles. The van der Waals surface area contributed by atoms with Crippen molar-refractivity contribution in [2.24, 2.45) is 11.8 Å². The molecule has 0 bridgehead atoms. The van der Waals surface area contributed by atoms with E-state index in [9.17, 15) is 4.79 Å². The lowest BCUT2D eigenvalue weighted by Crippen LogP contribution is -2.39. The van der Waals surface area contributed by atoms with Gasteiger partial charge in [0.2, 0.25) is 0 Å². The van der Waals surface area contributed by atoms with Crippen molar-refractivity contribution in [2.75, 3.05) is 13.7 Å². The topological polar surface area (TPSA) is 38.3 Å². The highest BCUT2D eigenvalue weighted by Gasteiger charge is 2.23. The molecule has 1 saturated carbocycles. The number of rotatable bonds is 3. The third kappa shape index (κ3) is 3.66. The zero-order valence-corrected chi connectivity index (χ0v) is 9.38. The lowest BCUT2D eigenvalue weighted by molar-refractivity contribution is -0.139. The number of methoxy groups -OCH3 is 1. The lowest BCUT2D eigenvalue weighted by Gasteiger charge is -2.31. The van der Waals surface area contributed by atoms with Gasteiger partial charge in [0.1, 0.15) is 0 Å². The number of ether oxygens (including phenoxy) is 1. The second kappa shape index (κ2) is 5.35. The Kier molecular flexibility index (Phi) is 4.39. The molecule has 3 nitrogen and oxygen atoms in total. The molecule has 1 fully saturated rings. The third-order valence-corrected chi connectivity index (χ3v) is 2.94. The standard InChI is InChI=1S/C11H21NO2/c1-8-4-9(2)6-10(5-8)12-7-11(13)14-3/h8-10,12H,4-7H2,1-3H3. The summed E-state index contributed by atoms with van der Waals surface area (Å²) in [6.07, 6.45) is 3.68. The first-order chi connectivity index (χ1) is 6.61. The average Bonchev–Trinajstić information content (AvgIpc) is 2.12. The number of nitrogens with one attached hydrogen (secondary N) is 1. The minimum Gasteiger partial charge on any atom is -0.468 e. The molecule has 0 spiro atoms. The number of carbonyl (C=O) groups excluding carboxylic acids is 1. The molecule has 2 unspecified atom stereocenters. The van der Waals surface area contributed by atoms with E-state index in [1.54, 1.807) is 0 Å². The van der Waals surface area contributed by atoms with Crippen molar-refractivity contribution in [1.29, 1.82) is 0 Å². The molecule has 0 aromatic carbocycles. The molecule has 0 saturated heterocycles. The van der Waals surface area contributed by atoms with Gasteiger partial charge in [-0.15, -0.1) is 0 Å². The minimum absolute atomic E-state index is 0.170. The fraction of sp³-hybridized carbons (Fsp3) is 0.909. The Morgan fingerprint density at radius 1 is 1.29 bits per heavy atom. The van der Waals surface area contributed by atoms with Crippen molar-refractivity contribution in [3.63, 3.8) is 0 Å². The Bertz CT molecular complexity index is 184. The summed E-state index contributed by atoms with van der Waals surface area (Å²) in [4.78, 5) is 10.9. The van der Waals surface area contributed by atoms with E-state index in [0.29, 0.717) is 12.6 Å². The van der Waals surface area contributed by atoms with Crippen LogP contribution in [0.4, 0.5) is 0 Å². The summed E-state index contributed by atoms with van der Waals surface area (Å²) in [5, 5.41) is 3.26. The fourth-order valence-corrected chi connectivity index (χ4v) is 2.41. The van der Waals surface area contributed by atoms with Crippen LogP contribution in [-0.2, 0) is 9.53 Å². The van der Waals surface area contributed by atoms with Crippen molar-refractivity contribution < 1.29 is 9.53 Å². The summed E-state index contributed by atoms with van der Waals surface area (Å²) in [5.74, 6) is 1.37. The molecule has 0 amide bonds. The van der Waals surface area contributed by atoms with Gasteiger partial charge < -0.3 is 10.1 Å². The highest BCUT2D eigenvalue weighted by atomic mass is 16.5. The zero-order valence-electron chi connectivity index (χ0n) is 9.38. The van der Waals surface area contributed by atoms with Crippen LogP contribution in [0.25, 0.3) is 0 Å². The summed E-state index contributed by atoms with van der Waals surface area (Å²) in [5.41, 5.74) is 0. The molecule has 0 radical (unpaired) electrons. The van der Waals surface area contributed by atoms with Crippen LogP contribution in [0.5, 0.6) is 0 Å². The average molecular weight is 199 g/mol. The van der Waals surface area contributed by atoms with Crippen LogP contribution in [0, 0.1) is 11.8 Å². The SMILES string of the molecule is COC(=O)CNC1CC(C)CC(C)C1. The number of esters is 1. The summed E-state index contributed by atoms with van der Waals surface area (Å²) >= 11 is 0. The van der Waals surface area contributed by atoms with Crippen molar-refractivity contribution in [3.8, 4) is 0 Å². The second-order valence-electron chi connectivity index (χ2n) is 4.57. The van der Waals surface area contributed by atoms with Gasteiger partial charge in [0.15, 0.2) is 0 Å². The molecule has 0 aliphatic heterocycles. The van der Waals surface area contributed by atoms with Crippen LogP contribution in [0.3, 0.4) is 0 Å². The van der Waals surface area contributed by atoms with Crippen LogP contribution in [0.2, 0.25) is 0 Å². The summed E-state index contributed by atoms with van der Waals surface area (Å²) < 4.78 is 4.59. The normalized spacial score (nSPS) is 32.6. The van der Waals surface area contributed by atoms with Gasteiger partial charge in [0.05, 0.1) is 13.7 Å². The van der Waals surface area contributed by atoms with Crippen LogP contribution in [0.1, 0.15) is 33.1 Å². The molecule has 0 aromatic rings. The first-order valence-electron chi connectivity index (χ1n) is 5.42. The van der Waals surface area contributed by atoms with E-state index in [4.69, 9.17) is 0 Å². The van der Waals surface area contributed by atoms with Gasteiger partial charge >= 0.3 is 5.97 Å². The Labute approximate surface area is 86.2 Å². The maximum Gasteiger partial charge on any atom is 0.319 e. The van der Waals surface area contributed by atoms with Crippen LogP contribution < -0.4 is 5.32 Å². The molecule has 14 heavy (non-hydrogen) atoms. The summed E-state index contributed by atoms with van der Waals surface area (Å²) in [6, 6.07) is 0.493. The van der Waals surface area contributed by atoms with Gasteiger partial charge in [0.25, 0.3) is 0 Å². The van der Waals surface area contributed by atoms with E-state index in [1.807, 2.05) is 0 Å². The predicted octanol–water partition coefficient (Wildman–Crippen LogP) is 1.57. The van der Waals surface area contributed by atoms with E-state index < -0.39 is 0 Å². The molecule has 1 aliphatic rings. The van der Waals surface area contributed by atoms with E-state index >= 15 is 0 Å². The zero-order chi connectivity index (χ0) is 10.6.